The minimum atomic E-state index is -1.13. The summed E-state index contributed by atoms with van der Waals surface area (Å²) in [7, 11) is 1.95. The van der Waals surface area contributed by atoms with Gasteiger partial charge in [-0.25, -0.2) is 4.98 Å². The molecule has 14 aromatic rings. The minimum absolute atomic E-state index is 0.0284. The number of aromatic nitrogens is 6. The van der Waals surface area contributed by atoms with Crippen molar-refractivity contribution in [1.82, 2.24) is 29.7 Å². The zero-order valence-corrected chi connectivity index (χ0v) is 79.5. The first-order valence-corrected chi connectivity index (χ1v) is 45.2. The number of ketones is 3. The average Bonchev–Trinajstić information content (AvgIpc) is 0.987. The molecule has 0 aliphatic rings. The summed E-state index contributed by atoms with van der Waals surface area (Å²) in [6.07, 6.45) is 33.2. The van der Waals surface area contributed by atoms with E-state index >= 15 is 0 Å². The zero-order valence-electron chi connectivity index (χ0n) is 79.5. The zero-order chi connectivity index (χ0) is 95.2. The third-order valence-electron chi connectivity index (χ3n) is 26.5. The second-order valence-electron chi connectivity index (χ2n) is 36.3. The van der Waals surface area contributed by atoms with Crippen molar-refractivity contribution >= 4 is 93.9 Å². The van der Waals surface area contributed by atoms with E-state index in [1.54, 1.807) is 52.5 Å². The van der Waals surface area contributed by atoms with Gasteiger partial charge < -0.3 is 29.9 Å². The summed E-state index contributed by atoms with van der Waals surface area (Å²) in [5.74, 6) is -0.219. The van der Waals surface area contributed by atoms with Crippen molar-refractivity contribution in [3.05, 3.63) is 348 Å². The summed E-state index contributed by atoms with van der Waals surface area (Å²) < 4.78 is 7.57. The molecule has 0 unspecified atom stereocenters. The average molecular weight is 1760 g/mol. The van der Waals surface area contributed by atoms with Crippen molar-refractivity contribution in [3.63, 3.8) is 0 Å². The Hall–Kier alpha value is -13.4. The molecule has 4 heterocycles. The number of benzene rings is 10. The molecule has 0 radical (unpaired) electrons. The molecule has 0 aliphatic heterocycles. The molecule has 14 rings (SSSR count). The Labute approximate surface area is 778 Å². The number of carboxylic acids is 1. The maximum atomic E-state index is 12.0. The SMILES string of the molecule is CC(=O)[C@](C)(CO)CCc1ccc(C)c(/C=C/c2cccc(-c3ccc4cn(C)nc4c3)c2C)c1.CC(=O)[C@](C)(CO)CCc1ccc(C)c(/C=C/c2cccc(-c3cccnc3)c2C)c1.CC(=O)[C@](C)(CO)CCc1ccc(C)c(/C=C/c2cccc(-c3cnccn3)c2C)c1.Cc1nc2ccc(-c3cccc(/C=C/c4cc(CC[C@@](C)(CO)C(=O)O)ccc4C)c3C)cc2o1. The monoisotopic (exact) mass is 1760 g/mol. The molecule has 0 saturated heterocycles. The number of fused-ring (bicyclic) bond motifs is 2. The van der Waals surface area contributed by atoms with E-state index in [2.05, 4.69) is 293 Å². The van der Waals surface area contributed by atoms with Crippen LogP contribution in [0.1, 0.15) is 191 Å². The molecule has 0 spiro atoms. The van der Waals surface area contributed by atoms with Gasteiger partial charge in [0.05, 0.1) is 49.2 Å². The van der Waals surface area contributed by atoms with Crippen LogP contribution in [-0.2, 0) is 51.9 Å². The molecule has 0 aliphatic carbocycles. The largest absolute Gasteiger partial charge is 0.481 e. The van der Waals surface area contributed by atoms with Crippen LogP contribution in [-0.4, -0.2) is 105 Å². The molecule has 0 bridgehead atoms. The number of rotatable bonds is 32. The quantitative estimate of drug-likeness (QED) is 0.0246. The first-order valence-electron chi connectivity index (χ1n) is 45.2. The predicted molar refractivity (Wildman–Crippen MR) is 541 cm³/mol. The number of hydrogen-bond acceptors (Lipinski definition) is 14. The first kappa shape index (κ1) is 99.2. The van der Waals surface area contributed by atoms with Gasteiger partial charge in [0.15, 0.2) is 11.5 Å². The fraction of sp³-hybridized carbons (Fsp3) is 0.284. The number of pyridine rings is 1. The Balaban J connectivity index is 0.000000170. The lowest BCUT2D eigenvalue weighted by Crippen LogP contribution is -2.32. The van der Waals surface area contributed by atoms with Gasteiger partial charge in [-0.15, -0.1) is 0 Å². The summed E-state index contributed by atoms with van der Waals surface area (Å²) >= 11 is 0. The lowest BCUT2D eigenvalue weighted by Gasteiger charge is -2.24. The van der Waals surface area contributed by atoms with Crippen LogP contribution < -0.4 is 0 Å². The minimum Gasteiger partial charge on any atom is -0.481 e. The third kappa shape index (κ3) is 25.2. The second-order valence-corrected chi connectivity index (χ2v) is 36.3. The molecule has 16 nitrogen and oxygen atoms in total. The molecular formula is C116H126N6O10. The van der Waals surface area contributed by atoms with Crippen LogP contribution >= 0.6 is 0 Å². The Morgan fingerprint density at radius 1 is 0.371 bits per heavy atom. The summed E-state index contributed by atoms with van der Waals surface area (Å²) in [6.45, 7) is 29.8. The van der Waals surface area contributed by atoms with E-state index in [0.717, 1.165) is 125 Å². The van der Waals surface area contributed by atoms with Crippen molar-refractivity contribution in [3.8, 4) is 44.6 Å². The van der Waals surface area contributed by atoms with Crippen molar-refractivity contribution in [1.29, 1.82) is 0 Å². The number of oxazole rings is 1. The van der Waals surface area contributed by atoms with Crippen LogP contribution in [0, 0.1) is 84.0 Å². The van der Waals surface area contributed by atoms with E-state index < -0.39 is 27.6 Å². The molecule has 4 atom stereocenters. The van der Waals surface area contributed by atoms with Crippen molar-refractivity contribution in [2.24, 2.45) is 28.7 Å². The maximum absolute atomic E-state index is 12.0. The van der Waals surface area contributed by atoms with E-state index in [1.807, 2.05) is 82.1 Å². The third-order valence-corrected chi connectivity index (χ3v) is 26.5. The standard InChI is InChI=1S/C31H34N2O2.C30H31NO4.C28H31NO2.C27H30N2O2/c1-21-9-10-24(15-16-31(4,20-34)23(3)35)17-26(21)12-11-25-7-6-8-29(22(25)2)27-13-14-28-19-33(5)32-30(28)18-27;1-19-8-9-22(14-15-30(4,18-32)29(33)34)16-24(19)11-10-23-6-5-7-26(20(23)2)25-12-13-27-28(17-25)35-21(3)31-27;1-20-10-11-23(14-15-28(4,19-30)22(3)31)17-25(20)13-12-24-7-5-9-27(21(24)2)26-8-6-16-29-18-26;1-19-8-9-22(12-13-27(4,18-30)21(3)31)16-24(19)11-10-23-6-5-7-25(20(23)2)26-17-28-14-15-29-26/h6-14,17-19,34H,15-16,20H2,1-5H3;5-13,16-17,32H,14-15,18H2,1-4H3,(H,33,34);5-13,16-18,30H,14-15,19H2,1-4H3;5-11,14-17,30H,12-13,18H2,1-4H3/b12-11+;11-10+;13-12+;11-10+/t31-;30-;28-;27-/m0000/s1. The number of carboxylic acid groups (broad SMARTS) is 1. The number of Topliss-reactive ketones (excluding diaryl/α,β-unsaturated/α-hetero) is 3. The highest BCUT2D eigenvalue weighted by Gasteiger charge is 2.33. The molecule has 0 fully saturated rings. The summed E-state index contributed by atoms with van der Waals surface area (Å²) in [4.78, 5) is 64.5. The smallest absolute Gasteiger partial charge is 0.311 e. The molecule has 132 heavy (non-hydrogen) atoms. The van der Waals surface area contributed by atoms with Crippen LogP contribution in [0.5, 0.6) is 0 Å². The number of aliphatic carboxylic acids is 1. The van der Waals surface area contributed by atoms with Gasteiger partial charge in [-0.3, -0.25) is 38.8 Å². The fourth-order valence-electron chi connectivity index (χ4n) is 15.9. The number of aryl methyl sites for hydroxylation is 10. The number of carbonyl (C=O) groups is 4. The highest BCUT2D eigenvalue weighted by molar-refractivity contribution is 5.89. The van der Waals surface area contributed by atoms with Crippen LogP contribution in [0.15, 0.2) is 236 Å². The molecule has 680 valence electrons. The maximum Gasteiger partial charge on any atom is 0.311 e. The lowest BCUT2D eigenvalue weighted by atomic mass is 9.81. The normalized spacial score (nSPS) is 13.4. The highest BCUT2D eigenvalue weighted by Crippen LogP contribution is 2.37. The van der Waals surface area contributed by atoms with Gasteiger partial charge >= 0.3 is 5.97 Å². The Bertz CT molecular complexity index is 6180. The van der Waals surface area contributed by atoms with Gasteiger partial charge in [0.25, 0.3) is 0 Å². The molecule has 10 aromatic carbocycles. The van der Waals surface area contributed by atoms with Crippen molar-refractivity contribution in [2.75, 3.05) is 26.4 Å². The van der Waals surface area contributed by atoms with Crippen molar-refractivity contribution < 1.29 is 49.1 Å². The second kappa shape index (κ2) is 45.0. The molecule has 16 heteroatoms. The lowest BCUT2D eigenvalue weighted by molar-refractivity contribution is -0.150. The summed E-state index contributed by atoms with van der Waals surface area (Å²) in [6, 6.07) is 67.2. The van der Waals surface area contributed by atoms with Crippen LogP contribution in [0.2, 0.25) is 0 Å². The Morgan fingerprint density at radius 3 is 1.11 bits per heavy atom. The van der Waals surface area contributed by atoms with Gasteiger partial charge in [0, 0.05) is 77.7 Å². The molecule has 4 aromatic heterocycles. The van der Waals surface area contributed by atoms with Crippen LogP contribution in [0.4, 0.5) is 0 Å². The summed E-state index contributed by atoms with van der Waals surface area (Å²) in [5, 5.41) is 53.6. The van der Waals surface area contributed by atoms with E-state index in [-0.39, 0.29) is 43.8 Å². The van der Waals surface area contributed by atoms with E-state index in [4.69, 9.17) is 4.42 Å². The van der Waals surface area contributed by atoms with Gasteiger partial charge in [0.2, 0.25) is 0 Å². The molecule has 0 amide bonds. The molecule has 5 N–H and O–H groups in total. The highest BCUT2D eigenvalue weighted by atomic mass is 16.4. The Kier molecular flexibility index (Phi) is 33.8. The summed E-state index contributed by atoms with van der Waals surface area (Å²) in [5.41, 5.74) is 31.6. The van der Waals surface area contributed by atoms with Gasteiger partial charge in [-0.2, -0.15) is 5.10 Å². The first-order chi connectivity index (χ1) is 63.1. The van der Waals surface area contributed by atoms with Gasteiger partial charge in [0.1, 0.15) is 22.9 Å². The predicted octanol–water partition coefficient (Wildman–Crippen LogP) is 24.7. The van der Waals surface area contributed by atoms with Crippen molar-refractivity contribution in [2.45, 2.75) is 162 Å². The number of nitrogens with zero attached hydrogens (tertiary/aromatic N) is 6. The number of aliphatic hydroxyl groups excluding tert-OH is 4. The molecule has 0 saturated carbocycles. The van der Waals surface area contributed by atoms with Crippen LogP contribution in [0.3, 0.4) is 0 Å². The number of aliphatic hydroxyl groups is 4. The van der Waals surface area contributed by atoms with Gasteiger partial charge in [-0.1, -0.05) is 239 Å². The topological polar surface area (TPSA) is 252 Å². The Morgan fingerprint density at radius 2 is 0.735 bits per heavy atom. The fourth-order valence-corrected chi connectivity index (χ4v) is 15.9. The van der Waals surface area contributed by atoms with Gasteiger partial charge in [-0.05, 0) is 298 Å². The van der Waals surface area contributed by atoms with E-state index in [0.29, 0.717) is 38.0 Å². The number of hydrogen-bond donors (Lipinski definition) is 5. The van der Waals surface area contributed by atoms with E-state index in [1.165, 1.54) is 72.3 Å². The van der Waals surface area contributed by atoms with Crippen LogP contribution in [0.25, 0.3) is 115 Å². The van der Waals surface area contributed by atoms with E-state index in [9.17, 15) is 44.7 Å². The molecular weight excluding hydrogens is 1640 g/mol. The number of carbonyl (C=O) groups excluding carboxylic acids is 3.